The van der Waals surface area contributed by atoms with E-state index in [1.165, 1.54) is 0 Å². The van der Waals surface area contributed by atoms with E-state index in [1.807, 2.05) is 23.0 Å². The van der Waals surface area contributed by atoms with Gasteiger partial charge in [-0.1, -0.05) is 26.0 Å². The second-order valence-electron chi connectivity index (χ2n) is 4.42. The molecule has 0 saturated carbocycles. The minimum absolute atomic E-state index is 0.269. The van der Waals surface area contributed by atoms with Gasteiger partial charge in [0.2, 0.25) is 0 Å². The first kappa shape index (κ1) is 13.7. The average Bonchev–Trinajstić information content (AvgIpc) is 2.89. The van der Waals surface area contributed by atoms with E-state index < -0.39 is 0 Å². The molecule has 1 N–H and O–H groups in total. The minimum Gasteiger partial charge on any atom is -0.309 e. The van der Waals surface area contributed by atoms with Crippen LogP contribution in [-0.2, 0) is 6.42 Å². The first-order valence-electron chi connectivity index (χ1n) is 6.90. The third kappa shape index (κ3) is 2.81. The molecule has 0 fully saturated rings. The molecule has 0 saturated heterocycles. The van der Waals surface area contributed by atoms with Gasteiger partial charge < -0.3 is 5.32 Å². The quantitative estimate of drug-likeness (QED) is 0.864. The van der Waals surface area contributed by atoms with Crippen LogP contribution in [0.15, 0.2) is 24.5 Å². The van der Waals surface area contributed by atoms with Crippen molar-refractivity contribution < 1.29 is 0 Å². The lowest BCUT2D eigenvalue weighted by Crippen LogP contribution is -2.21. The van der Waals surface area contributed by atoms with Crippen molar-refractivity contribution in [1.82, 2.24) is 25.3 Å². The first-order valence-corrected chi connectivity index (χ1v) is 6.90. The largest absolute Gasteiger partial charge is 0.309 e. The minimum atomic E-state index is 0.269. The third-order valence-electron chi connectivity index (χ3n) is 3.21. The zero-order valence-corrected chi connectivity index (χ0v) is 11.8. The number of hydrogen-bond donors (Lipinski definition) is 1. The fourth-order valence-electron chi connectivity index (χ4n) is 2.28. The second kappa shape index (κ2) is 6.43. The maximum Gasteiger partial charge on any atom is 0.103 e. The molecule has 2 aromatic heterocycles. The number of aromatic nitrogens is 4. The lowest BCUT2D eigenvalue weighted by atomic mass is 10.1. The molecule has 2 aromatic rings. The molecule has 2 heterocycles. The van der Waals surface area contributed by atoms with Gasteiger partial charge in [0.05, 0.1) is 23.6 Å². The topological polar surface area (TPSA) is 55.6 Å². The van der Waals surface area contributed by atoms with E-state index >= 15 is 0 Å². The Balaban J connectivity index is 2.40. The third-order valence-corrected chi connectivity index (χ3v) is 3.21. The standard InChI is InChI=1S/C14H21N5/c1-4-12(16-6-3)14-13(5-2)19(18-17-14)11-8-7-9-15-10-11/h7-10,12,16H,4-6H2,1-3H3. The van der Waals surface area contributed by atoms with Crippen LogP contribution in [0.4, 0.5) is 0 Å². The molecule has 102 valence electrons. The molecular weight excluding hydrogens is 238 g/mol. The highest BCUT2D eigenvalue weighted by Crippen LogP contribution is 2.21. The van der Waals surface area contributed by atoms with Crippen LogP contribution in [0.1, 0.15) is 44.6 Å². The van der Waals surface area contributed by atoms with E-state index in [9.17, 15) is 0 Å². The summed E-state index contributed by atoms with van der Waals surface area (Å²) in [7, 11) is 0. The number of rotatable bonds is 6. The maximum absolute atomic E-state index is 4.38. The molecular formula is C14H21N5. The van der Waals surface area contributed by atoms with Crippen molar-refractivity contribution >= 4 is 0 Å². The van der Waals surface area contributed by atoms with Crippen LogP contribution in [0.25, 0.3) is 5.69 Å². The molecule has 5 nitrogen and oxygen atoms in total. The summed E-state index contributed by atoms with van der Waals surface area (Å²) in [6, 6.07) is 4.18. The van der Waals surface area contributed by atoms with Crippen LogP contribution in [0.5, 0.6) is 0 Å². The van der Waals surface area contributed by atoms with E-state index in [2.05, 4.69) is 41.4 Å². The summed E-state index contributed by atoms with van der Waals surface area (Å²) in [6.45, 7) is 7.34. The van der Waals surface area contributed by atoms with E-state index in [-0.39, 0.29) is 6.04 Å². The fourth-order valence-corrected chi connectivity index (χ4v) is 2.28. The molecule has 1 unspecified atom stereocenters. The summed E-state index contributed by atoms with van der Waals surface area (Å²) in [6.07, 6.45) is 5.48. The highest BCUT2D eigenvalue weighted by Gasteiger charge is 2.19. The molecule has 0 bridgehead atoms. The maximum atomic E-state index is 4.38. The van der Waals surface area contributed by atoms with Gasteiger partial charge in [-0.05, 0) is 31.5 Å². The number of pyridine rings is 1. The molecule has 0 aromatic carbocycles. The Kier molecular flexibility index (Phi) is 4.63. The van der Waals surface area contributed by atoms with Gasteiger partial charge in [0.15, 0.2) is 0 Å². The Morgan fingerprint density at radius 3 is 2.74 bits per heavy atom. The summed E-state index contributed by atoms with van der Waals surface area (Å²) >= 11 is 0. The van der Waals surface area contributed by atoms with Crippen LogP contribution >= 0.6 is 0 Å². The monoisotopic (exact) mass is 259 g/mol. The van der Waals surface area contributed by atoms with Crippen LogP contribution in [0.3, 0.4) is 0 Å². The van der Waals surface area contributed by atoms with Crippen molar-refractivity contribution in [3.63, 3.8) is 0 Å². The van der Waals surface area contributed by atoms with Crippen LogP contribution < -0.4 is 5.32 Å². The molecule has 0 spiro atoms. The summed E-state index contributed by atoms with van der Waals surface area (Å²) in [5.74, 6) is 0. The number of hydrogen-bond acceptors (Lipinski definition) is 4. The van der Waals surface area contributed by atoms with Gasteiger partial charge in [-0.15, -0.1) is 5.10 Å². The Hall–Kier alpha value is -1.75. The molecule has 0 aliphatic carbocycles. The highest BCUT2D eigenvalue weighted by molar-refractivity contribution is 5.31. The van der Waals surface area contributed by atoms with Crippen molar-refractivity contribution in [1.29, 1.82) is 0 Å². The van der Waals surface area contributed by atoms with Crippen LogP contribution in [-0.4, -0.2) is 26.5 Å². The average molecular weight is 259 g/mol. The normalized spacial score (nSPS) is 12.6. The Morgan fingerprint density at radius 1 is 1.32 bits per heavy atom. The van der Waals surface area contributed by atoms with Crippen molar-refractivity contribution in [3.8, 4) is 5.69 Å². The van der Waals surface area contributed by atoms with Gasteiger partial charge in [0, 0.05) is 6.20 Å². The fraction of sp³-hybridized carbons (Fsp3) is 0.500. The Labute approximate surface area is 114 Å². The first-order chi connectivity index (χ1) is 9.31. The lowest BCUT2D eigenvalue weighted by molar-refractivity contribution is 0.520. The van der Waals surface area contributed by atoms with Gasteiger partial charge in [-0.3, -0.25) is 4.98 Å². The molecule has 2 rings (SSSR count). The molecule has 5 heteroatoms. The summed E-state index contributed by atoms with van der Waals surface area (Å²) in [5.41, 5.74) is 3.17. The van der Waals surface area contributed by atoms with Crippen LogP contribution in [0.2, 0.25) is 0 Å². The van der Waals surface area contributed by atoms with Gasteiger partial charge in [0.25, 0.3) is 0 Å². The lowest BCUT2D eigenvalue weighted by Gasteiger charge is -2.14. The number of nitrogens with one attached hydrogen (secondary N) is 1. The van der Waals surface area contributed by atoms with Crippen molar-refractivity contribution in [3.05, 3.63) is 35.9 Å². The molecule has 1 atom stereocenters. The molecule has 0 aliphatic heterocycles. The van der Waals surface area contributed by atoms with E-state index in [4.69, 9.17) is 0 Å². The van der Waals surface area contributed by atoms with Gasteiger partial charge in [-0.25, -0.2) is 4.68 Å². The van der Waals surface area contributed by atoms with E-state index in [1.54, 1.807) is 6.20 Å². The Bertz CT molecular complexity index is 506. The predicted molar refractivity (Wildman–Crippen MR) is 75.2 cm³/mol. The second-order valence-corrected chi connectivity index (χ2v) is 4.42. The summed E-state index contributed by atoms with van der Waals surface area (Å²) < 4.78 is 1.89. The predicted octanol–water partition coefficient (Wildman–Crippen LogP) is 2.29. The van der Waals surface area contributed by atoms with Crippen molar-refractivity contribution in [2.75, 3.05) is 6.54 Å². The SMILES string of the molecule is CCNC(CC)c1nnn(-c2cccnc2)c1CC. The molecule has 0 aliphatic rings. The van der Waals surface area contributed by atoms with Gasteiger partial charge in [0.1, 0.15) is 5.69 Å². The van der Waals surface area contributed by atoms with Crippen molar-refractivity contribution in [2.45, 2.75) is 39.7 Å². The van der Waals surface area contributed by atoms with Crippen LogP contribution in [0, 0.1) is 0 Å². The van der Waals surface area contributed by atoms with Gasteiger partial charge in [-0.2, -0.15) is 0 Å². The smallest absolute Gasteiger partial charge is 0.103 e. The zero-order chi connectivity index (χ0) is 13.7. The zero-order valence-electron chi connectivity index (χ0n) is 11.8. The molecule has 0 radical (unpaired) electrons. The van der Waals surface area contributed by atoms with Crippen molar-refractivity contribution in [2.24, 2.45) is 0 Å². The van der Waals surface area contributed by atoms with Gasteiger partial charge >= 0.3 is 0 Å². The van der Waals surface area contributed by atoms with E-state index in [0.29, 0.717) is 0 Å². The summed E-state index contributed by atoms with van der Waals surface area (Å²) in [4.78, 5) is 4.14. The highest BCUT2D eigenvalue weighted by atomic mass is 15.4. The molecule has 19 heavy (non-hydrogen) atoms. The summed E-state index contributed by atoms with van der Waals surface area (Å²) in [5, 5.41) is 12.1. The Morgan fingerprint density at radius 2 is 2.16 bits per heavy atom. The number of nitrogens with zero attached hydrogens (tertiary/aromatic N) is 4. The van der Waals surface area contributed by atoms with E-state index in [0.717, 1.165) is 36.5 Å². The molecule has 0 amide bonds.